The zero-order valence-electron chi connectivity index (χ0n) is 17.8. The first-order valence-corrected chi connectivity index (χ1v) is 11.0. The molecule has 164 valence electrons. The number of ether oxygens (including phenoxy) is 2. The number of carbonyl (C=O) groups is 2. The molecule has 0 saturated carbocycles. The number of nitrogens with one attached hydrogen (secondary N) is 1. The molecule has 2 fully saturated rings. The molecule has 8 nitrogen and oxygen atoms in total. The lowest BCUT2D eigenvalue weighted by molar-refractivity contribution is -0.128. The Balaban J connectivity index is 1.20. The molecule has 0 spiro atoms. The van der Waals surface area contributed by atoms with E-state index in [0.29, 0.717) is 50.3 Å². The van der Waals surface area contributed by atoms with E-state index >= 15 is 0 Å². The van der Waals surface area contributed by atoms with Crippen molar-refractivity contribution in [3.8, 4) is 17.0 Å². The van der Waals surface area contributed by atoms with Crippen LogP contribution in [0.25, 0.3) is 11.3 Å². The van der Waals surface area contributed by atoms with Crippen LogP contribution >= 0.6 is 0 Å². The third-order valence-electron chi connectivity index (χ3n) is 6.67. The number of para-hydroxylation sites is 1. The number of amides is 2. The molecule has 1 N–H and O–H groups in total. The largest absolute Gasteiger partial charge is 0.488 e. The summed E-state index contributed by atoms with van der Waals surface area (Å²) in [6.07, 6.45) is 2.39. The molecule has 31 heavy (non-hydrogen) atoms. The summed E-state index contributed by atoms with van der Waals surface area (Å²) in [4.78, 5) is 29.3. The van der Waals surface area contributed by atoms with Crippen LogP contribution in [0, 0.1) is 11.8 Å². The molecule has 3 aliphatic rings. The molecule has 0 radical (unpaired) electrons. The number of aromatic nitrogens is 2. The lowest BCUT2D eigenvalue weighted by Crippen LogP contribution is -2.42. The summed E-state index contributed by atoms with van der Waals surface area (Å²) >= 11 is 0. The summed E-state index contributed by atoms with van der Waals surface area (Å²) in [7, 11) is 1.68. The van der Waals surface area contributed by atoms with Gasteiger partial charge >= 0.3 is 0 Å². The Bertz CT molecular complexity index is 980. The number of H-pyrrole nitrogens is 1. The number of rotatable bonds is 5. The van der Waals surface area contributed by atoms with Crippen LogP contribution in [0.4, 0.5) is 0 Å². The van der Waals surface area contributed by atoms with Crippen molar-refractivity contribution in [3.05, 3.63) is 35.5 Å². The Kier molecular flexibility index (Phi) is 5.40. The van der Waals surface area contributed by atoms with Gasteiger partial charge in [-0.2, -0.15) is 5.10 Å². The fraction of sp³-hybridized carbons (Fsp3) is 0.522. The highest BCUT2D eigenvalue weighted by atomic mass is 16.5. The van der Waals surface area contributed by atoms with Crippen molar-refractivity contribution in [1.82, 2.24) is 20.0 Å². The number of benzene rings is 1. The Hall–Kier alpha value is -2.87. The van der Waals surface area contributed by atoms with Crippen molar-refractivity contribution < 1.29 is 19.1 Å². The minimum Gasteiger partial charge on any atom is -0.488 e. The third kappa shape index (κ3) is 3.80. The predicted molar refractivity (Wildman–Crippen MR) is 114 cm³/mol. The molecule has 2 amide bonds. The monoisotopic (exact) mass is 424 g/mol. The fourth-order valence-corrected chi connectivity index (χ4v) is 5.01. The molecule has 1 aromatic carbocycles. The van der Waals surface area contributed by atoms with E-state index in [0.717, 1.165) is 48.5 Å². The molecule has 0 bridgehead atoms. The Morgan fingerprint density at radius 2 is 2.06 bits per heavy atom. The molecule has 5 rings (SSSR count). The average Bonchev–Trinajstić information content (AvgIpc) is 3.37. The summed E-state index contributed by atoms with van der Waals surface area (Å²) in [5.74, 6) is 1.74. The smallest absolute Gasteiger partial charge is 0.272 e. The van der Waals surface area contributed by atoms with Crippen LogP contribution in [-0.4, -0.2) is 71.7 Å². The minimum absolute atomic E-state index is 0.0208. The number of hydrogen-bond acceptors (Lipinski definition) is 5. The van der Waals surface area contributed by atoms with E-state index in [1.54, 1.807) is 7.11 Å². The lowest BCUT2D eigenvalue weighted by Gasteiger charge is -2.34. The first kappa shape index (κ1) is 20.1. The normalized spacial score (nSPS) is 21.1. The third-order valence-corrected chi connectivity index (χ3v) is 6.67. The maximum Gasteiger partial charge on any atom is 0.272 e. The molecule has 1 atom stereocenters. The van der Waals surface area contributed by atoms with Gasteiger partial charge in [0.2, 0.25) is 5.91 Å². The van der Waals surface area contributed by atoms with E-state index in [1.165, 1.54) is 0 Å². The fourth-order valence-electron chi connectivity index (χ4n) is 5.01. The van der Waals surface area contributed by atoms with Crippen molar-refractivity contribution >= 4 is 11.8 Å². The summed E-state index contributed by atoms with van der Waals surface area (Å²) in [6, 6.07) is 7.76. The topological polar surface area (TPSA) is 87.8 Å². The number of fused-ring (bicyclic) bond motifs is 3. The van der Waals surface area contributed by atoms with Gasteiger partial charge in [-0.05, 0) is 30.9 Å². The summed E-state index contributed by atoms with van der Waals surface area (Å²) < 4.78 is 11.0. The first-order chi connectivity index (χ1) is 15.1. The van der Waals surface area contributed by atoms with Crippen molar-refractivity contribution in [2.24, 2.45) is 11.8 Å². The number of methoxy groups -OCH3 is 1. The molecule has 1 aromatic heterocycles. The van der Waals surface area contributed by atoms with E-state index in [9.17, 15) is 9.59 Å². The summed E-state index contributed by atoms with van der Waals surface area (Å²) in [5.41, 5.74) is 3.08. The standard InChI is InChI=1S/C23H28N4O4/c1-30-13-16-10-20(28)27(12-16)11-15-6-8-26(9-7-15)23(29)22-18-14-31-19-5-3-2-4-17(19)21(18)24-25-22/h2-5,15-16H,6-14H2,1H3,(H,24,25). The van der Waals surface area contributed by atoms with E-state index in [4.69, 9.17) is 9.47 Å². The Labute approximate surface area is 181 Å². The molecular formula is C23H28N4O4. The number of aromatic amines is 1. The van der Waals surface area contributed by atoms with Gasteiger partial charge in [0.15, 0.2) is 0 Å². The van der Waals surface area contributed by atoms with Crippen LogP contribution in [0.5, 0.6) is 5.75 Å². The summed E-state index contributed by atoms with van der Waals surface area (Å²) in [5, 5.41) is 7.38. The van der Waals surface area contributed by atoms with Gasteiger partial charge in [-0.25, -0.2) is 0 Å². The Morgan fingerprint density at radius 3 is 2.87 bits per heavy atom. The number of likely N-dealkylation sites (tertiary alicyclic amines) is 2. The highest BCUT2D eigenvalue weighted by Crippen LogP contribution is 2.37. The molecule has 2 aromatic rings. The number of nitrogens with zero attached hydrogens (tertiary/aromatic N) is 3. The second kappa shape index (κ2) is 8.34. The summed E-state index contributed by atoms with van der Waals surface area (Å²) in [6.45, 7) is 3.94. The zero-order chi connectivity index (χ0) is 21.4. The quantitative estimate of drug-likeness (QED) is 0.796. The van der Waals surface area contributed by atoms with E-state index < -0.39 is 0 Å². The second-order valence-electron chi connectivity index (χ2n) is 8.77. The maximum atomic E-state index is 13.2. The van der Waals surface area contributed by atoms with Gasteiger partial charge in [0, 0.05) is 56.8 Å². The van der Waals surface area contributed by atoms with Gasteiger partial charge in [-0.3, -0.25) is 14.7 Å². The van der Waals surface area contributed by atoms with Gasteiger partial charge in [0.25, 0.3) is 5.91 Å². The van der Waals surface area contributed by atoms with E-state index in [2.05, 4.69) is 10.2 Å². The minimum atomic E-state index is -0.0208. The predicted octanol–water partition coefficient (Wildman–Crippen LogP) is 2.32. The number of hydrogen-bond donors (Lipinski definition) is 1. The molecule has 3 aliphatic heterocycles. The van der Waals surface area contributed by atoms with Crippen LogP contribution < -0.4 is 4.74 Å². The van der Waals surface area contributed by atoms with Crippen LogP contribution in [0.15, 0.2) is 24.3 Å². The number of carbonyl (C=O) groups excluding carboxylic acids is 2. The lowest BCUT2D eigenvalue weighted by atomic mass is 9.95. The van der Waals surface area contributed by atoms with Crippen LogP contribution in [0.2, 0.25) is 0 Å². The van der Waals surface area contributed by atoms with Gasteiger partial charge in [0.1, 0.15) is 23.7 Å². The van der Waals surface area contributed by atoms with Crippen LogP contribution in [0.1, 0.15) is 35.3 Å². The molecular weight excluding hydrogens is 396 g/mol. The molecule has 2 saturated heterocycles. The van der Waals surface area contributed by atoms with Gasteiger partial charge < -0.3 is 19.3 Å². The molecule has 8 heteroatoms. The van der Waals surface area contributed by atoms with Crippen LogP contribution in [-0.2, 0) is 16.1 Å². The SMILES string of the molecule is COCC1CC(=O)N(CC2CCN(C(=O)c3[nH]nc4c3COc3ccccc3-4)CC2)C1. The van der Waals surface area contributed by atoms with Crippen LogP contribution in [0.3, 0.4) is 0 Å². The van der Waals surface area contributed by atoms with Crippen molar-refractivity contribution in [1.29, 1.82) is 0 Å². The molecule has 1 unspecified atom stereocenters. The molecule has 0 aliphatic carbocycles. The first-order valence-electron chi connectivity index (χ1n) is 11.0. The van der Waals surface area contributed by atoms with Gasteiger partial charge in [-0.15, -0.1) is 0 Å². The molecule has 4 heterocycles. The van der Waals surface area contributed by atoms with E-state index in [-0.39, 0.29) is 11.8 Å². The number of piperidine rings is 1. The van der Waals surface area contributed by atoms with Crippen molar-refractivity contribution in [2.75, 3.05) is 39.9 Å². The van der Waals surface area contributed by atoms with Crippen molar-refractivity contribution in [3.63, 3.8) is 0 Å². The Morgan fingerprint density at radius 1 is 1.26 bits per heavy atom. The highest BCUT2D eigenvalue weighted by Gasteiger charge is 2.34. The second-order valence-corrected chi connectivity index (χ2v) is 8.77. The zero-order valence-corrected chi connectivity index (χ0v) is 17.8. The highest BCUT2D eigenvalue weighted by molar-refractivity contribution is 5.96. The van der Waals surface area contributed by atoms with Crippen molar-refractivity contribution in [2.45, 2.75) is 25.9 Å². The van der Waals surface area contributed by atoms with E-state index in [1.807, 2.05) is 34.1 Å². The van der Waals surface area contributed by atoms with Gasteiger partial charge in [0.05, 0.1) is 6.61 Å². The average molecular weight is 425 g/mol. The maximum absolute atomic E-state index is 13.2. The van der Waals surface area contributed by atoms with Gasteiger partial charge in [-0.1, -0.05) is 12.1 Å².